The minimum atomic E-state index is 1.09. The lowest BCUT2D eigenvalue weighted by Gasteiger charge is -2.32. The molecule has 0 aliphatic rings. The molecule has 18 rings (SSSR count). The average Bonchev–Trinajstić information content (AvgIpc) is 1.24. The molecule has 4 heteroatoms. The minimum absolute atomic E-state index is 1.09. The quantitative estimate of drug-likeness (QED) is 0.119. The van der Waals surface area contributed by atoms with E-state index in [0.29, 0.717) is 0 Å². The molecule has 0 aliphatic carbocycles. The van der Waals surface area contributed by atoms with Gasteiger partial charge >= 0.3 is 0 Å². The highest BCUT2D eigenvalue weighted by molar-refractivity contribution is 7.26. The molecule has 0 fully saturated rings. The molecule has 0 unspecified atom stereocenters. The molecule has 96 heavy (non-hydrogen) atoms. The van der Waals surface area contributed by atoms with E-state index in [1.807, 2.05) is 22.7 Å². The molecule has 0 radical (unpaired) electrons. The fourth-order valence-electron chi connectivity index (χ4n) is 15.4. The van der Waals surface area contributed by atoms with Crippen molar-refractivity contribution in [2.75, 3.05) is 9.80 Å². The lowest BCUT2D eigenvalue weighted by Crippen LogP contribution is -2.14. The van der Waals surface area contributed by atoms with Crippen molar-refractivity contribution in [3.63, 3.8) is 0 Å². The second kappa shape index (κ2) is 23.3. The predicted molar refractivity (Wildman–Crippen MR) is 418 cm³/mol. The van der Waals surface area contributed by atoms with Gasteiger partial charge in [-0.3, -0.25) is 0 Å². The molecule has 2 heterocycles. The lowest BCUT2D eigenvalue weighted by molar-refractivity contribution is 1.22. The summed E-state index contributed by atoms with van der Waals surface area (Å²) in [5.41, 5.74) is 23.5. The summed E-state index contributed by atoms with van der Waals surface area (Å²) in [6, 6.07) is 118. The largest absolute Gasteiger partial charge is 0.309 e. The Balaban J connectivity index is 0.775. The van der Waals surface area contributed by atoms with Crippen LogP contribution >= 0.6 is 22.7 Å². The molecule has 0 N–H and O–H groups in total. The fourth-order valence-corrected chi connectivity index (χ4v) is 17.8. The predicted octanol–water partition coefficient (Wildman–Crippen LogP) is 27.5. The van der Waals surface area contributed by atoms with Gasteiger partial charge in [-0.05, 0) is 199 Å². The van der Waals surface area contributed by atoms with E-state index in [-0.39, 0.29) is 0 Å². The smallest absolute Gasteiger partial charge is 0.0569 e. The maximum Gasteiger partial charge on any atom is 0.0569 e. The van der Waals surface area contributed by atoms with E-state index in [9.17, 15) is 0 Å². The first-order valence-corrected chi connectivity index (χ1v) is 34.8. The van der Waals surface area contributed by atoms with E-state index in [2.05, 4.69) is 353 Å². The van der Waals surface area contributed by atoms with Crippen LogP contribution in [0.1, 0.15) is 22.3 Å². The number of thiophene rings is 2. The summed E-state index contributed by atoms with van der Waals surface area (Å²) >= 11 is 3.77. The van der Waals surface area contributed by atoms with Crippen LogP contribution in [-0.4, -0.2) is 0 Å². The van der Waals surface area contributed by atoms with Crippen molar-refractivity contribution in [2.24, 2.45) is 0 Å². The Morgan fingerprint density at radius 3 is 0.969 bits per heavy atom. The van der Waals surface area contributed by atoms with Crippen molar-refractivity contribution in [1.29, 1.82) is 0 Å². The van der Waals surface area contributed by atoms with Gasteiger partial charge < -0.3 is 9.80 Å². The highest BCUT2D eigenvalue weighted by Gasteiger charge is 2.27. The fraction of sp³-hybridized carbons (Fsp3) is 0.0435. The number of rotatable bonds is 11. The number of anilines is 6. The molecular formula is C92H64N2S2. The van der Waals surface area contributed by atoms with Crippen LogP contribution in [0.5, 0.6) is 0 Å². The number of aryl methyl sites for hydroxylation is 4. The third kappa shape index (κ3) is 9.50. The van der Waals surface area contributed by atoms with Crippen molar-refractivity contribution in [1.82, 2.24) is 0 Å². The third-order valence-corrected chi connectivity index (χ3v) is 22.4. The zero-order chi connectivity index (χ0) is 64.1. The van der Waals surface area contributed by atoms with Gasteiger partial charge in [-0.1, -0.05) is 243 Å². The van der Waals surface area contributed by atoms with Gasteiger partial charge in [-0.25, -0.2) is 0 Å². The molecule has 18 aromatic rings. The Morgan fingerprint density at radius 1 is 0.219 bits per heavy atom. The Labute approximate surface area is 567 Å². The zero-order valence-corrected chi connectivity index (χ0v) is 55.4. The summed E-state index contributed by atoms with van der Waals surface area (Å²) in [7, 11) is 0. The molecule has 454 valence electrons. The molecule has 0 saturated carbocycles. The van der Waals surface area contributed by atoms with Gasteiger partial charge in [0.15, 0.2) is 0 Å². The molecule has 2 aromatic heterocycles. The first-order valence-electron chi connectivity index (χ1n) is 33.1. The summed E-state index contributed by atoms with van der Waals surface area (Å²) < 4.78 is 5.19. The molecule has 0 saturated heterocycles. The number of hydrogen-bond donors (Lipinski definition) is 0. The van der Waals surface area contributed by atoms with Crippen molar-refractivity contribution in [3.8, 4) is 55.6 Å². The van der Waals surface area contributed by atoms with E-state index in [4.69, 9.17) is 0 Å². The molecule has 0 bridgehead atoms. The maximum atomic E-state index is 2.53. The van der Waals surface area contributed by atoms with Crippen LogP contribution in [0.2, 0.25) is 0 Å². The van der Waals surface area contributed by atoms with Crippen LogP contribution in [0.15, 0.2) is 315 Å². The van der Waals surface area contributed by atoms with Gasteiger partial charge in [0.2, 0.25) is 0 Å². The number of benzene rings is 16. The second-order valence-corrected chi connectivity index (χ2v) is 27.8. The van der Waals surface area contributed by atoms with Crippen LogP contribution in [0, 0.1) is 27.7 Å². The van der Waals surface area contributed by atoms with Gasteiger partial charge in [-0.15, -0.1) is 22.7 Å². The van der Waals surface area contributed by atoms with Crippen molar-refractivity contribution < 1.29 is 0 Å². The van der Waals surface area contributed by atoms with Gasteiger partial charge in [0.05, 0.1) is 11.4 Å². The molecule has 0 spiro atoms. The SMILES string of the molecule is Cc1cc(-c2ccc(N(c3ccc(-c4cc5ccccc5c5ccccc45)cc3)c3c(C)cccc3-c3cccc4c3sc3ccccc34)c(C)c2)ccc1N(c1ccc(-c2cc3ccccc3c3ccccc23)cc1)c1c(C)cccc1-c1cccc2c1sc1ccccc12. The first kappa shape index (κ1) is 57.3. The molecule has 0 aliphatic heterocycles. The van der Waals surface area contributed by atoms with E-state index < -0.39 is 0 Å². The molecule has 0 amide bonds. The Bertz CT molecular complexity index is 5770. The van der Waals surface area contributed by atoms with Crippen LogP contribution in [0.3, 0.4) is 0 Å². The Morgan fingerprint density at radius 2 is 0.552 bits per heavy atom. The van der Waals surface area contributed by atoms with Crippen LogP contribution in [0.4, 0.5) is 34.1 Å². The molecular weight excluding hydrogens is 1200 g/mol. The van der Waals surface area contributed by atoms with Gasteiger partial charge in [0, 0.05) is 85.3 Å². The average molecular weight is 1260 g/mol. The summed E-state index contributed by atoms with van der Waals surface area (Å²) in [6.45, 7) is 9.12. The van der Waals surface area contributed by atoms with Crippen molar-refractivity contribution >= 4 is 140 Å². The van der Waals surface area contributed by atoms with Crippen LogP contribution < -0.4 is 9.80 Å². The summed E-state index contributed by atoms with van der Waals surface area (Å²) in [6.07, 6.45) is 0. The Hall–Kier alpha value is -11.4. The number of para-hydroxylation sites is 2. The van der Waals surface area contributed by atoms with Crippen LogP contribution in [0.25, 0.3) is 139 Å². The van der Waals surface area contributed by atoms with Crippen LogP contribution in [-0.2, 0) is 0 Å². The standard InChI is InChI=1S/C92H64N2S2/c1-57-21-17-33-77(81-37-19-35-79-75-31-13-15-39-87(75)95-91(79)81)89(57)93(67-47-41-61(42-48-67)83-55-65-23-5-7-25-69(65)71-27-9-11-29-73(71)83)85-51-45-63(53-59(85)3)64-46-52-86(60(4)54-64)94(68-49-43-62(44-50-68)84-56-66-24-6-8-26-70(66)72-28-10-12-30-74(72)84)90-58(2)22-18-34-78(90)82-38-20-36-80-76-32-14-16-40-88(76)96-92(80)82/h5-56H,1-4H3. The van der Waals surface area contributed by atoms with E-state index in [1.54, 1.807) is 0 Å². The molecule has 16 aromatic carbocycles. The van der Waals surface area contributed by atoms with E-state index in [0.717, 1.165) is 33.9 Å². The lowest BCUT2D eigenvalue weighted by atomic mass is 9.92. The summed E-state index contributed by atoms with van der Waals surface area (Å²) in [5.74, 6) is 0. The molecule has 0 atom stereocenters. The number of hydrogen-bond acceptors (Lipinski definition) is 4. The van der Waals surface area contributed by atoms with E-state index in [1.165, 1.54) is 162 Å². The van der Waals surface area contributed by atoms with Gasteiger partial charge in [0.25, 0.3) is 0 Å². The monoisotopic (exact) mass is 1260 g/mol. The number of nitrogens with zero attached hydrogens (tertiary/aromatic N) is 2. The first-order chi connectivity index (χ1) is 47.3. The second-order valence-electron chi connectivity index (χ2n) is 25.7. The Kier molecular flexibility index (Phi) is 13.9. The third-order valence-electron chi connectivity index (χ3n) is 19.9. The highest BCUT2D eigenvalue weighted by atomic mass is 32.1. The van der Waals surface area contributed by atoms with Gasteiger partial charge in [-0.2, -0.15) is 0 Å². The number of fused-ring (bicyclic) bond motifs is 12. The van der Waals surface area contributed by atoms with E-state index >= 15 is 0 Å². The summed E-state index contributed by atoms with van der Waals surface area (Å²) in [4.78, 5) is 5.05. The topological polar surface area (TPSA) is 6.48 Å². The van der Waals surface area contributed by atoms with Crippen molar-refractivity contribution in [2.45, 2.75) is 27.7 Å². The van der Waals surface area contributed by atoms with Crippen molar-refractivity contribution in [3.05, 3.63) is 338 Å². The zero-order valence-electron chi connectivity index (χ0n) is 53.7. The normalized spacial score (nSPS) is 11.8. The maximum absolute atomic E-state index is 2.53. The minimum Gasteiger partial charge on any atom is -0.309 e. The van der Waals surface area contributed by atoms with Gasteiger partial charge in [0.1, 0.15) is 0 Å². The summed E-state index contributed by atoms with van der Waals surface area (Å²) in [5, 5.41) is 15.2. The highest BCUT2D eigenvalue weighted by Crippen LogP contribution is 2.52. The molecule has 2 nitrogen and oxygen atoms in total.